The number of benzene rings is 1. The number of hydrogen-bond donors (Lipinski definition) is 1. The Balaban J connectivity index is 2.39. The van der Waals surface area contributed by atoms with Crippen molar-refractivity contribution in [3.63, 3.8) is 0 Å². The number of aromatic nitrogens is 1. The Morgan fingerprint density at radius 2 is 1.76 bits per heavy atom. The Labute approximate surface area is 113 Å². The summed E-state index contributed by atoms with van der Waals surface area (Å²) in [6.45, 7) is 0. The number of anilines is 1. The molecule has 1 aromatic heterocycles. The van der Waals surface area contributed by atoms with Crippen LogP contribution in [0.15, 0.2) is 24.3 Å². The topological polar surface area (TPSA) is 38.9 Å². The van der Waals surface area contributed by atoms with Gasteiger partial charge in [0.25, 0.3) is 0 Å². The molecular weight excluding hydrogens is 364 g/mol. The third kappa shape index (κ3) is 2.71. The van der Waals surface area contributed by atoms with Gasteiger partial charge in [0.05, 0.1) is 14.1 Å². The summed E-state index contributed by atoms with van der Waals surface area (Å²) >= 11 is 3.37. The van der Waals surface area contributed by atoms with Gasteiger partial charge in [-0.3, -0.25) is 0 Å². The fraction of sp³-hybridized carbons (Fsp3) is 0.100. The van der Waals surface area contributed by atoms with Crippen LogP contribution in [0, 0.1) is 2.88 Å². The number of nitrogen functional groups attached to an aromatic ring is 1. The van der Waals surface area contributed by atoms with Crippen molar-refractivity contribution in [3.05, 3.63) is 32.7 Å². The minimum Gasteiger partial charge on any atom is -0.375 e. The highest BCUT2D eigenvalue weighted by Crippen LogP contribution is 2.34. The molecule has 90 valence electrons. The van der Waals surface area contributed by atoms with Crippen LogP contribution in [0.4, 0.5) is 18.3 Å². The predicted molar refractivity (Wildman–Crippen MR) is 69.7 cm³/mol. The third-order valence-electron chi connectivity index (χ3n) is 2.09. The van der Waals surface area contributed by atoms with E-state index in [4.69, 9.17) is 5.73 Å². The molecule has 2 aromatic rings. The fourth-order valence-electron chi connectivity index (χ4n) is 1.31. The zero-order valence-electron chi connectivity index (χ0n) is 8.25. The maximum atomic E-state index is 12.4. The zero-order valence-corrected chi connectivity index (χ0v) is 11.2. The van der Waals surface area contributed by atoms with E-state index in [1.807, 2.05) is 0 Å². The molecule has 0 bridgehead atoms. The normalized spacial score (nSPS) is 11.8. The van der Waals surface area contributed by atoms with E-state index in [-0.39, 0.29) is 0 Å². The molecule has 17 heavy (non-hydrogen) atoms. The van der Waals surface area contributed by atoms with Crippen LogP contribution in [0.3, 0.4) is 0 Å². The number of thiazole rings is 1. The van der Waals surface area contributed by atoms with Gasteiger partial charge in [0, 0.05) is 5.56 Å². The second-order valence-corrected chi connectivity index (χ2v) is 6.09. The number of halogens is 4. The maximum absolute atomic E-state index is 12.4. The van der Waals surface area contributed by atoms with Crippen LogP contribution >= 0.6 is 33.9 Å². The molecule has 0 aliphatic heterocycles. The van der Waals surface area contributed by atoms with Gasteiger partial charge in [0.15, 0.2) is 5.13 Å². The molecule has 0 atom stereocenters. The molecule has 0 fully saturated rings. The Morgan fingerprint density at radius 3 is 2.18 bits per heavy atom. The van der Waals surface area contributed by atoms with Gasteiger partial charge in [0.1, 0.15) is 0 Å². The van der Waals surface area contributed by atoms with Gasteiger partial charge in [-0.15, -0.1) is 0 Å². The number of nitrogens with two attached hydrogens (primary N) is 1. The Morgan fingerprint density at radius 1 is 1.18 bits per heavy atom. The van der Waals surface area contributed by atoms with Crippen molar-refractivity contribution in [3.8, 4) is 11.3 Å². The summed E-state index contributed by atoms with van der Waals surface area (Å²) < 4.78 is 38.0. The molecule has 0 aliphatic rings. The number of alkyl halides is 3. The number of hydrogen-bond acceptors (Lipinski definition) is 3. The predicted octanol–water partition coefficient (Wildman–Crippen LogP) is 4.02. The molecular formula is C10H6F3IN2S. The molecule has 0 radical (unpaired) electrons. The van der Waals surface area contributed by atoms with Gasteiger partial charge >= 0.3 is 6.18 Å². The summed E-state index contributed by atoms with van der Waals surface area (Å²) in [5, 5.41) is 0.407. The highest BCUT2D eigenvalue weighted by atomic mass is 127. The smallest absolute Gasteiger partial charge is 0.375 e. The summed E-state index contributed by atoms with van der Waals surface area (Å²) in [6.07, 6.45) is -4.31. The molecule has 0 amide bonds. The lowest BCUT2D eigenvalue weighted by molar-refractivity contribution is -0.137. The number of nitrogens with zero attached hydrogens (tertiary/aromatic N) is 1. The number of rotatable bonds is 1. The van der Waals surface area contributed by atoms with Crippen LogP contribution in [0.1, 0.15) is 5.56 Å². The van der Waals surface area contributed by atoms with E-state index < -0.39 is 11.7 Å². The van der Waals surface area contributed by atoms with Crippen molar-refractivity contribution in [2.75, 3.05) is 5.73 Å². The first-order valence-electron chi connectivity index (χ1n) is 4.47. The standard InChI is InChI=1S/C10H6F3IN2S/c11-10(12,13)6-3-1-5(2-4-6)7-8(14)17-9(15)16-7/h1-4H,(H2,15,16). The van der Waals surface area contributed by atoms with Crippen LogP contribution < -0.4 is 5.73 Å². The molecule has 2 rings (SSSR count). The summed E-state index contributed by atoms with van der Waals surface area (Å²) in [4.78, 5) is 4.08. The van der Waals surface area contributed by atoms with Crippen molar-refractivity contribution in [2.45, 2.75) is 6.18 Å². The van der Waals surface area contributed by atoms with Crippen molar-refractivity contribution in [1.29, 1.82) is 0 Å². The van der Waals surface area contributed by atoms with Crippen LogP contribution in [0.5, 0.6) is 0 Å². The molecule has 0 saturated carbocycles. The van der Waals surface area contributed by atoms with Crippen molar-refractivity contribution in [2.24, 2.45) is 0 Å². The highest BCUT2D eigenvalue weighted by Gasteiger charge is 2.30. The second kappa shape index (κ2) is 4.45. The Bertz CT molecular complexity index is 533. The van der Waals surface area contributed by atoms with E-state index in [2.05, 4.69) is 27.6 Å². The minimum atomic E-state index is -4.31. The first-order chi connectivity index (χ1) is 7.88. The average molecular weight is 370 g/mol. The van der Waals surface area contributed by atoms with E-state index in [1.165, 1.54) is 23.5 Å². The largest absolute Gasteiger partial charge is 0.416 e. The molecule has 0 saturated heterocycles. The molecule has 1 aromatic carbocycles. The second-order valence-electron chi connectivity index (χ2n) is 3.25. The molecule has 7 heteroatoms. The molecule has 1 heterocycles. The maximum Gasteiger partial charge on any atom is 0.416 e. The summed E-state index contributed by atoms with van der Waals surface area (Å²) in [5.74, 6) is 0. The van der Waals surface area contributed by atoms with E-state index in [0.29, 0.717) is 16.4 Å². The Hall–Kier alpha value is -0.830. The van der Waals surface area contributed by atoms with Gasteiger partial charge in [-0.1, -0.05) is 23.5 Å². The molecule has 0 unspecified atom stereocenters. The Kier molecular flexibility index (Phi) is 3.30. The SMILES string of the molecule is Nc1nc(-c2ccc(C(F)(F)F)cc2)c(I)s1. The quantitative estimate of drug-likeness (QED) is 0.771. The zero-order chi connectivity index (χ0) is 12.6. The van der Waals surface area contributed by atoms with Crippen LogP contribution in [0.25, 0.3) is 11.3 Å². The first kappa shape index (κ1) is 12.6. The van der Waals surface area contributed by atoms with Crippen LogP contribution in [-0.4, -0.2) is 4.98 Å². The van der Waals surface area contributed by atoms with Crippen LogP contribution in [0.2, 0.25) is 0 Å². The third-order valence-corrected chi connectivity index (χ3v) is 3.93. The van der Waals surface area contributed by atoms with Gasteiger partial charge in [0.2, 0.25) is 0 Å². The van der Waals surface area contributed by atoms with Crippen LogP contribution in [-0.2, 0) is 6.18 Å². The van der Waals surface area contributed by atoms with Gasteiger partial charge in [-0.05, 0) is 34.7 Å². The fourth-order valence-corrected chi connectivity index (χ4v) is 3.00. The molecule has 2 nitrogen and oxygen atoms in total. The van der Waals surface area contributed by atoms with E-state index >= 15 is 0 Å². The minimum absolute atomic E-state index is 0.407. The summed E-state index contributed by atoms with van der Waals surface area (Å²) in [5.41, 5.74) is 6.13. The lowest BCUT2D eigenvalue weighted by atomic mass is 10.1. The van der Waals surface area contributed by atoms with E-state index in [1.54, 1.807) is 0 Å². The monoisotopic (exact) mass is 370 g/mol. The van der Waals surface area contributed by atoms with Crippen molar-refractivity contribution >= 4 is 39.1 Å². The average Bonchev–Trinajstić information content (AvgIpc) is 2.57. The lowest BCUT2D eigenvalue weighted by Gasteiger charge is -2.06. The van der Waals surface area contributed by atoms with Crippen molar-refractivity contribution in [1.82, 2.24) is 4.98 Å². The van der Waals surface area contributed by atoms with Crippen molar-refractivity contribution < 1.29 is 13.2 Å². The first-order valence-corrected chi connectivity index (χ1v) is 6.37. The molecule has 0 spiro atoms. The van der Waals surface area contributed by atoms with Gasteiger partial charge in [-0.2, -0.15) is 13.2 Å². The molecule has 0 aliphatic carbocycles. The summed E-state index contributed by atoms with van der Waals surface area (Å²) in [6, 6.07) is 4.89. The van der Waals surface area contributed by atoms with E-state index in [9.17, 15) is 13.2 Å². The summed E-state index contributed by atoms with van der Waals surface area (Å²) in [7, 11) is 0. The highest BCUT2D eigenvalue weighted by molar-refractivity contribution is 14.1. The van der Waals surface area contributed by atoms with Gasteiger partial charge < -0.3 is 5.73 Å². The lowest BCUT2D eigenvalue weighted by Crippen LogP contribution is -2.04. The van der Waals surface area contributed by atoms with Gasteiger partial charge in [-0.25, -0.2) is 4.98 Å². The molecule has 2 N–H and O–H groups in total. The van der Waals surface area contributed by atoms with E-state index in [0.717, 1.165) is 15.0 Å².